The molecule has 0 radical (unpaired) electrons. The summed E-state index contributed by atoms with van der Waals surface area (Å²) in [5.41, 5.74) is 0. The van der Waals surface area contributed by atoms with Crippen LogP contribution in [0.3, 0.4) is 0 Å². The van der Waals surface area contributed by atoms with Crippen molar-refractivity contribution in [3.05, 3.63) is 28.7 Å². The molecule has 2 rings (SSSR count). The van der Waals surface area contributed by atoms with E-state index >= 15 is 0 Å². The van der Waals surface area contributed by atoms with Gasteiger partial charge in [-0.15, -0.1) is 0 Å². The molecule has 0 unspecified atom stereocenters. The van der Waals surface area contributed by atoms with Crippen LogP contribution in [0, 0.1) is 0 Å². The average Bonchev–Trinajstić information content (AvgIpc) is 2.81. The monoisotopic (exact) mass is 283 g/mol. The Morgan fingerprint density at radius 2 is 2.00 bits per heavy atom. The van der Waals surface area contributed by atoms with E-state index in [9.17, 15) is 4.79 Å². The molecule has 1 heterocycles. The van der Waals surface area contributed by atoms with Crippen molar-refractivity contribution in [1.29, 1.82) is 0 Å². The van der Waals surface area contributed by atoms with Gasteiger partial charge in [-0.1, -0.05) is 12.1 Å². The number of amides is 1. The van der Waals surface area contributed by atoms with Crippen molar-refractivity contribution in [2.24, 2.45) is 0 Å². The second kappa shape index (κ2) is 5.34. The summed E-state index contributed by atoms with van der Waals surface area (Å²) in [6.07, 6.45) is 2.22. The highest BCUT2D eigenvalue weighted by Gasteiger charge is 2.18. The molecule has 1 aliphatic heterocycles. The van der Waals surface area contributed by atoms with Crippen molar-refractivity contribution in [3.8, 4) is 5.75 Å². The number of carbonyl (C=O) groups is 1. The molecule has 1 aromatic carbocycles. The van der Waals surface area contributed by atoms with Crippen molar-refractivity contribution < 1.29 is 9.53 Å². The second-order valence-corrected chi connectivity index (χ2v) is 4.66. The van der Waals surface area contributed by atoms with E-state index in [4.69, 9.17) is 4.74 Å². The van der Waals surface area contributed by atoms with Crippen molar-refractivity contribution in [2.75, 3.05) is 19.7 Å². The number of hydrogen-bond acceptors (Lipinski definition) is 2. The predicted molar refractivity (Wildman–Crippen MR) is 65.5 cm³/mol. The van der Waals surface area contributed by atoms with E-state index in [2.05, 4.69) is 15.9 Å². The van der Waals surface area contributed by atoms with E-state index in [1.807, 2.05) is 29.2 Å². The molecule has 1 amide bonds. The van der Waals surface area contributed by atoms with Gasteiger partial charge in [0.05, 0.1) is 4.47 Å². The van der Waals surface area contributed by atoms with E-state index in [0.717, 1.165) is 36.2 Å². The van der Waals surface area contributed by atoms with E-state index in [-0.39, 0.29) is 12.5 Å². The number of rotatable bonds is 3. The van der Waals surface area contributed by atoms with Crippen LogP contribution in [0.2, 0.25) is 0 Å². The summed E-state index contributed by atoms with van der Waals surface area (Å²) in [6.45, 7) is 1.87. The highest BCUT2D eigenvalue weighted by atomic mass is 79.9. The minimum absolute atomic E-state index is 0.0771. The Hall–Kier alpha value is -1.03. The number of benzene rings is 1. The molecule has 0 aliphatic carbocycles. The van der Waals surface area contributed by atoms with Gasteiger partial charge < -0.3 is 9.64 Å². The second-order valence-electron chi connectivity index (χ2n) is 3.81. The Kier molecular flexibility index (Phi) is 3.83. The number of ether oxygens (including phenoxy) is 1. The van der Waals surface area contributed by atoms with Gasteiger partial charge in [0.15, 0.2) is 6.61 Å². The van der Waals surface area contributed by atoms with E-state index in [0.29, 0.717) is 0 Å². The van der Waals surface area contributed by atoms with Gasteiger partial charge in [0, 0.05) is 13.1 Å². The van der Waals surface area contributed by atoms with Crippen LogP contribution in [0.4, 0.5) is 0 Å². The molecule has 1 saturated heterocycles. The van der Waals surface area contributed by atoms with E-state index in [1.165, 1.54) is 0 Å². The summed E-state index contributed by atoms with van der Waals surface area (Å²) in [7, 11) is 0. The maximum atomic E-state index is 11.7. The van der Waals surface area contributed by atoms with Crippen molar-refractivity contribution in [1.82, 2.24) is 4.90 Å². The number of halogens is 1. The first-order valence-corrected chi connectivity index (χ1v) is 6.22. The molecule has 16 heavy (non-hydrogen) atoms. The molecule has 1 aromatic rings. The summed E-state index contributed by atoms with van der Waals surface area (Å²) in [6, 6.07) is 7.55. The van der Waals surface area contributed by atoms with Crippen LogP contribution >= 0.6 is 15.9 Å². The molecule has 4 heteroatoms. The third-order valence-corrected chi connectivity index (χ3v) is 3.30. The maximum absolute atomic E-state index is 11.7. The zero-order valence-electron chi connectivity index (χ0n) is 8.99. The molecular formula is C12H14BrNO2. The van der Waals surface area contributed by atoms with E-state index < -0.39 is 0 Å². The van der Waals surface area contributed by atoms with Gasteiger partial charge in [-0.25, -0.2) is 0 Å². The highest BCUT2D eigenvalue weighted by Crippen LogP contribution is 2.23. The Labute approximate surface area is 104 Å². The van der Waals surface area contributed by atoms with Gasteiger partial charge in [-0.2, -0.15) is 0 Å². The van der Waals surface area contributed by atoms with Gasteiger partial charge in [0.1, 0.15) is 5.75 Å². The van der Waals surface area contributed by atoms with Gasteiger partial charge in [0.2, 0.25) is 0 Å². The number of likely N-dealkylation sites (tertiary alicyclic amines) is 1. The van der Waals surface area contributed by atoms with E-state index in [1.54, 1.807) is 0 Å². The SMILES string of the molecule is O=C(COc1ccccc1Br)N1CCCC1. The fourth-order valence-electron chi connectivity index (χ4n) is 1.76. The minimum Gasteiger partial charge on any atom is -0.483 e. The first-order chi connectivity index (χ1) is 7.77. The molecular weight excluding hydrogens is 270 g/mol. The van der Waals surface area contributed by atoms with Crippen LogP contribution in [-0.2, 0) is 4.79 Å². The maximum Gasteiger partial charge on any atom is 0.260 e. The normalized spacial score (nSPS) is 15.2. The van der Waals surface area contributed by atoms with Gasteiger partial charge in [0.25, 0.3) is 5.91 Å². The quantitative estimate of drug-likeness (QED) is 0.853. The van der Waals surface area contributed by atoms with Crippen LogP contribution in [0.1, 0.15) is 12.8 Å². The topological polar surface area (TPSA) is 29.5 Å². The number of nitrogens with zero attached hydrogens (tertiary/aromatic N) is 1. The van der Waals surface area contributed by atoms with Crippen molar-refractivity contribution in [3.63, 3.8) is 0 Å². The lowest BCUT2D eigenvalue weighted by molar-refractivity contribution is -0.132. The first kappa shape index (κ1) is 11.5. The first-order valence-electron chi connectivity index (χ1n) is 5.42. The van der Waals surface area contributed by atoms with Crippen LogP contribution in [0.25, 0.3) is 0 Å². The van der Waals surface area contributed by atoms with Gasteiger partial charge >= 0.3 is 0 Å². The lowest BCUT2D eigenvalue weighted by Gasteiger charge is -2.15. The molecule has 86 valence electrons. The molecule has 3 nitrogen and oxygen atoms in total. The molecule has 1 fully saturated rings. The van der Waals surface area contributed by atoms with Crippen LogP contribution in [0.5, 0.6) is 5.75 Å². The standard InChI is InChI=1S/C12H14BrNO2/c13-10-5-1-2-6-11(10)16-9-12(15)14-7-3-4-8-14/h1-2,5-6H,3-4,7-9H2. The lowest BCUT2D eigenvalue weighted by Crippen LogP contribution is -2.32. The van der Waals surface area contributed by atoms with Crippen molar-refractivity contribution >= 4 is 21.8 Å². The van der Waals surface area contributed by atoms with Crippen LogP contribution in [-0.4, -0.2) is 30.5 Å². The minimum atomic E-state index is 0.0771. The summed E-state index contributed by atoms with van der Waals surface area (Å²) in [5.74, 6) is 0.795. The molecule has 0 saturated carbocycles. The summed E-state index contributed by atoms with van der Waals surface area (Å²) < 4.78 is 6.35. The molecule has 0 N–H and O–H groups in total. The smallest absolute Gasteiger partial charge is 0.260 e. The molecule has 0 bridgehead atoms. The summed E-state index contributed by atoms with van der Waals surface area (Å²) >= 11 is 3.38. The zero-order chi connectivity index (χ0) is 11.4. The number of carbonyl (C=O) groups excluding carboxylic acids is 1. The molecule has 0 spiro atoms. The zero-order valence-corrected chi connectivity index (χ0v) is 10.6. The Morgan fingerprint density at radius 3 is 2.69 bits per heavy atom. The summed E-state index contributed by atoms with van der Waals surface area (Å²) in [5, 5.41) is 0. The predicted octanol–water partition coefficient (Wildman–Crippen LogP) is 2.45. The highest BCUT2D eigenvalue weighted by molar-refractivity contribution is 9.10. The van der Waals surface area contributed by atoms with Gasteiger partial charge in [-0.3, -0.25) is 4.79 Å². The molecule has 0 atom stereocenters. The lowest BCUT2D eigenvalue weighted by atomic mass is 10.3. The fourth-order valence-corrected chi connectivity index (χ4v) is 2.16. The third kappa shape index (κ3) is 2.76. The fraction of sp³-hybridized carbons (Fsp3) is 0.417. The largest absolute Gasteiger partial charge is 0.483 e. The Balaban J connectivity index is 1.87. The van der Waals surface area contributed by atoms with Crippen molar-refractivity contribution in [2.45, 2.75) is 12.8 Å². The number of hydrogen-bond donors (Lipinski definition) is 0. The molecule has 0 aromatic heterocycles. The Morgan fingerprint density at radius 1 is 1.31 bits per heavy atom. The third-order valence-electron chi connectivity index (χ3n) is 2.65. The summed E-state index contributed by atoms with van der Waals surface area (Å²) in [4.78, 5) is 13.6. The van der Waals surface area contributed by atoms with Crippen LogP contribution < -0.4 is 4.74 Å². The van der Waals surface area contributed by atoms with Gasteiger partial charge in [-0.05, 0) is 40.9 Å². The van der Waals surface area contributed by atoms with Crippen LogP contribution in [0.15, 0.2) is 28.7 Å². The average molecular weight is 284 g/mol. The number of para-hydroxylation sites is 1. The molecule has 1 aliphatic rings. The Bertz CT molecular complexity index is 375.